The number of rotatable bonds is 3. The first-order valence-electron chi connectivity index (χ1n) is 5.40. The van der Waals surface area contributed by atoms with Crippen molar-refractivity contribution in [2.75, 3.05) is 13.2 Å². The van der Waals surface area contributed by atoms with Crippen LogP contribution in [0.1, 0.15) is 33.1 Å². The van der Waals surface area contributed by atoms with Gasteiger partial charge in [-0.15, -0.1) is 0 Å². The van der Waals surface area contributed by atoms with Crippen molar-refractivity contribution in [3.63, 3.8) is 0 Å². The number of alkyl carbamates (subject to hydrolysis) is 1. The van der Waals surface area contributed by atoms with Gasteiger partial charge in [0, 0.05) is 12.1 Å². The molecule has 4 heteroatoms. The van der Waals surface area contributed by atoms with E-state index in [1.165, 1.54) is 12.8 Å². The third-order valence-corrected chi connectivity index (χ3v) is 2.57. The van der Waals surface area contributed by atoms with Gasteiger partial charge >= 0.3 is 6.09 Å². The summed E-state index contributed by atoms with van der Waals surface area (Å²) in [5.41, 5.74) is 0. The summed E-state index contributed by atoms with van der Waals surface area (Å²) in [5, 5.41) is 6.22. The second kappa shape index (κ2) is 5.86. The molecule has 0 aliphatic carbocycles. The molecule has 4 nitrogen and oxygen atoms in total. The molecule has 1 saturated heterocycles. The topological polar surface area (TPSA) is 50.4 Å². The average Bonchev–Trinajstić information content (AvgIpc) is 2.19. The predicted molar refractivity (Wildman–Crippen MR) is 55.3 cm³/mol. The Morgan fingerprint density at radius 3 is 3.00 bits per heavy atom. The smallest absolute Gasteiger partial charge is 0.407 e. The van der Waals surface area contributed by atoms with Gasteiger partial charge in [-0.2, -0.15) is 0 Å². The van der Waals surface area contributed by atoms with Gasteiger partial charge in [0.2, 0.25) is 0 Å². The van der Waals surface area contributed by atoms with Crippen LogP contribution in [0.2, 0.25) is 0 Å². The van der Waals surface area contributed by atoms with Crippen molar-refractivity contribution in [1.82, 2.24) is 10.6 Å². The highest BCUT2D eigenvalue weighted by molar-refractivity contribution is 5.67. The maximum Gasteiger partial charge on any atom is 0.407 e. The number of amides is 1. The van der Waals surface area contributed by atoms with Crippen LogP contribution in [0.4, 0.5) is 4.79 Å². The molecule has 0 aromatic heterocycles. The Bertz CT molecular complexity index is 179. The molecular formula is C10H20N2O2. The minimum Gasteiger partial charge on any atom is -0.450 e. The summed E-state index contributed by atoms with van der Waals surface area (Å²) < 4.78 is 4.83. The molecule has 0 spiro atoms. The van der Waals surface area contributed by atoms with Crippen molar-refractivity contribution >= 4 is 6.09 Å². The lowest BCUT2D eigenvalue weighted by Crippen LogP contribution is -2.50. The van der Waals surface area contributed by atoms with E-state index in [-0.39, 0.29) is 12.1 Å². The highest BCUT2D eigenvalue weighted by Gasteiger charge is 2.20. The summed E-state index contributed by atoms with van der Waals surface area (Å²) in [6.07, 6.45) is 3.30. The Labute approximate surface area is 85.4 Å². The van der Waals surface area contributed by atoms with E-state index in [0.717, 1.165) is 13.0 Å². The largest absolute Gasteiger partial charge is 0.450 e. The van der Waals surface area contributed by atoms with Crippen LogP contribution in [0.25, 0.3) is 0 Å². The summed E-state index contributed by atoms with van der Waals surface area (Å²) in [4.78, 5) is 11.1. The number of carbonyl (C=O) groups is 1. The molecule has 1 rings (SSSR count). The van der Waals surface area contributed by atoms with E-state index in [9.17, 15) is 4.79 Å². The lowest BCUT2D eigenvalue weighted by molar-refractivity contribution is 0.145. The molecule has 1 aliphatic heterocycles. The van der Waals surface area contributed by atoms with Crippen LogP contribution in [-0.4, -0.2) is 31.3 Å². The highest BCUT2D eigenvalue weighted by Crippen LogP contribution is 2.10. The van der Waals surface area contributed by atoms with Crippen LogP contribution < -0.4 is 10.6 Å². The summed E-state index contributed by atoms with van der Waals surface area (Å²) in [5.74, 6) is 0. The second-order valence-corrected chi connectivity index (χ2v) is 3.71. The molecule has 82 valence electrons. The Kier molecular flexibility index (Phi) is 4.73. The molecule has 2 N–H and O–H groups in total. The number of carbonyl (C=O) groups excluding carboxylic acids is 1. The zero-order valence-corrected chi connectivity index (χ0v) is 9.01. The van der Waals surface area contributed by atoms with E-state index in [2.05, 4.69) is 10.6 Å². The Morgan fingerprint density at radius 2 is 2.43 bits per heavy atom. The SMILES string of the molecule is CCOC(=O)NC(C)C1CCCCN1. The van der Waals surface area contributed by atoms with Gasteiger partial charge in [-0.3, -0.25) is 0 Å². The van der Waals surface area contributed by atoms with Crippen molar-refractivity contribution in [2.24, 2.45) is 0 Å². The standard InChI is InChI=1S/C10H20N2O2/c1-3-14-10(13)12-8(2)9-6-4-5-7-11-9/h8-9,11H,3-7H2,1-2H3,(H,12,13). The number of ether oxygens (including phenoxy) is 1. The molecule has 0 aromatic rings. The molecule has 1 aliphatic rings. The van der Waals surface area contributed by atoms with E-state index in [0.29, 0.717) is 12.6 Å². The zero-order valence-electron chi connectivity index (χ0n) is 9.01. The fraction of sp³-hybridized carbons (Fsp3) is 0.900. The monoisotopic (exact) mass is 200 g/mol. The quantitative estimate of drug-likeness (QED) is 0.721. The van der Waals surface area contributed by atoms with Gasteiger partial charge in [0.15, 0.2) is 0 Å². The number of nitrogens with one attached hydrogen (secondary N) is 2. The predicted octanol–water partition coefficient (Wildman–Crippen LogP) is 1.26. The van der Waals surface area contributed by atoms with Crippen LogP contribution in [0, 0.1) is 0 Å². The third kappa shape index (κ3) is 3.54. The van der Waals surface area contributed by atoms with Gasteiger partial charge in [0.1, 0.15) is 0 Å². The molecule has 0 radical (unpaired) electrons. The molecular weight excluding hydrogens is 180 g/mol. The summed E-state index contributed by atoms with van der Waals surface area (Å²) in [7, 11) is 0. The van der Waals surface area contributed by atoms with Crippen LogP contribution in [-0.2, 0) is 4.74 Å². The first-order chi connectivity index (χ1) is 6.74. The third-order valence-electron chi connectivity index (χ3n) is 2.57. The highest BCUT2D eigenvalue weighted by atomic mass is 16.5. The van der Waals surface area contributed by atoms with Gasteiger partial charge in [0.05, 0.1) is 6.61 Å². The van der Waals surface area contributed by atoms with Gasteiger partial charge < -0.3 is 15.4 Å². The molecule has 1 amide bonds. The first-order valence-corrected chi connectivity index (χ1v) is 5.40. The summed E-state index contributed by atoms with van der Waals surface area (Å²) in [6.45, 7) is 5.30. The van der Waals surface area contributed by atoms with Crippen LogP contribution >= 0.6 is 0 Å². The normalized spacial score (nSPS) is 24.0. The minimum atomic E-state index is -0.313. The summed E-state index contributed by atoms with van der Waals surface area (Å²) >= 11 is 0. The van der Waals surface area contributed by atoms with E-state index >= 15 is 0 Å². The summed E-state index contributed by atoms with van der Waals surface area (Å²) in [6, 6.07) is 0.544. The lowest BCUT2D eigenvalue weighted by atomic mass is 9.99. The van der Waals surface area contributed by atoms with Gasteiger partial charge in [-0.25, -0.2) is 4.79 Å². The Balaban J connectivity index is 2.25. The molecule has 0 aromatic carbocycles. The maximum atomic E-state index is 11.1. The van der Waals surface area contributed by atoms with Crippen LogP contribution in [0.3, 0.4) is 0 Å². The molecule has 0 bridgehead atoms. The minimum absolute atomic E-state index is 0.148. The maximum absolute atomic E-state index is 11.1. The van der Waals surface area contributed by atoms with Crippen molar-refractivity contribution < 1.29 is 9.53 Å². The fourth-order valence-electron chi connectivity index (χ4n) is 1.76. The molecule has 0 saturated carbocycles. The average molecular weight is 200 g/mol. The molecule has 2 atom stereocenters. The van der Waals surface area contributed by atoms with Gasteiger partial charge in [-0.1, -0.05) is 6.42 Å². The first kappa shape index (κ1) is 11.3. The van der Waals surface area contributed by atoms with E-state index in [4.69, 9.17) is 4.74 Å². The second-order valence-electron chi connectivity index (χ2n) is 3.71. The molecule has 2 unspecified atom stereocenters. The van der Waals surface area contributed by atoms with Gasteiger partial charge in [0.25, 0.3) is 0 Å². The zero-order chi connectivity index (χ0) is 10.4. The lowest BCUT2D eigenvalue weighted by Gasteiger charge is -2.29. The molecule has 1 fully saturated rings. The van der Waals surface area contributed by atoms with E-state index < -0.39 is 0 Å². The Morgan fingerprint density at radius 1 is 1.64 bits per heavy atom. The Hall–Kier alpha value is -0.770. The number of hydrogen-bond donors (Lipinski definition) is 2. The van der Waals surface area contributed by atoms with Crippen molar-refractivity contribution in [3.05, 3.63) is 0 Å². The molecule has 1 heterocycles. The van der Waals surface area contributed by atoms with Crippen LogP contribution in [0.15, 0.2) is 0 Å². The fourth-order valence-corrected chi connectivity index (χ4v) is 1.76. The number of hydrogen-bond acceptors (Lipinski definition) is 3. The molecule has 14 heavy (non-hydrogen) atoms. The van der Waals surface area contributed by atoms with E-state index in [1.54, 1.807) is 0 Å². The van der Waals surface area contributed by atoms with E-state index in [1.807, 2.05) is 13.8 Å². The van der Waals surface area contributed by atoms with Gasteiger partial charge in [-0.05, 0) is 33.2 Å². The van der Waals surface area contributed by atoms with Crippen LogP contribution in [0.5, 0.6) is 0 Å². The van der Waals surface area contributed by atoms with Crippen molar-refractivity contribution in [2.45, 2.75) is 45.2 Å². The van der Waals surface area contributed by atoms with Crippen molar-refractivity contribution in [1.29, 1.82) is 0 Å². The number of piperidine rings is 1. The van der Waals surface area contributed by atoms with Crippen molar-refractivity contribution in [3.8, 4) is 0 Å².